The number of nitriles is 1. The van der Waals surface area contributed by atoms with Crippen molar-refractivity contribution in [3.63, 3.8) is 0 Å². The van der Waals surface area contributed by atoms with Crippen LogP contribution in [0.5, 0.6) is 0 Å². The molecule has 3 rings (SSSR count). The molecule has 0 radical (unpaired) electrons. The van der Waals surface area contributed by atoms with Gasteiger partial charge in [0.25, 0.3) is 0 Å². The number of anilines is 1. The Bertz CT molecular complexity index is 532. The van der Waals surface area contributed by atoms with Crippen LogP contribution in [0.4, 0.5) is 5.82 Å². The van der Waals surface area contributed by atoms with Crippen molar-refractivity contribution in [2.45, 2.75) is 44.6 Å². The first-order chi connectivity index (χ1) is 9.76. The zero-order valence-electron chi connectivity index (χ0n) is 12.2. The van der Waals surface area contributed by atoms with Gasteiger partial charge in [0.1, 0.15) is 11.9 Å². The first-order valence-corrected chi connectivity index (χ1v) is 7.64. The number of piperidine rings is 1. The minimum Gasteiger partial charge on any atom is -0.365 e. The maximum atomic E-state index is 9.36. The molecule has 4 nitrogen and oxygen atoms in total. The molecule has 1 aliphatic carbocycles. The Morgan fingerprint density at radius 3 is 3.00 bits per heavy atom. The van der Waals surface area contributed by atoms with Crippen molar-refractivity contribution in [1.82, 2.24) is 9.88 Å². The molecule has 1 aromatic heterocycles. The molecule has 0 bridgehead atoms. The Kier molecular flexibility index (Phi) is 3.88. The summed E-state index contributed by atoms with van der Waals surface area (Å²) in [6.45, 7) is 2.20. The summed E-state index contributed by atoms with van der Waals surface area (Å²) >= 11 is 0. The van der Waals surface area contributed by atoms with Crippen LogP contribution in [0.25, 0.3) is 0 Å². The van der Waals surface area contributed by atoms with Crippen molar-refractivity contribution in [3.8, 4) is 6.07 Å². The monoisotopic (exact) mass is 270 g/mol. The van der Waals surface area contributed by atoms with Crippen molar-refractivity contribution in [3.05, 3.63) is 22.9 Å². The fraction of sp³-hybridized carbons (Fsp3) is 0.625. The number of rotatable bonds is 2. The molecular formula is C16H22N4. The molecule has 1 aromatic rings. The molecule has 1 fully saturated rings. The van der Waals surface area contributed by atoms with E-state index in [1.807, 2.05) is 0 Å². The normalized spacial score (nSPS) is 22.9. The fourth-order valence-corrected chi connectivity index (χ4v) is 3.31. The second-order valence-corrected chi connectivity index (χ2v) is 6.05. The smallest absolute Gasteiger partial charge is 0.144 e. The topological polar surface area (TPSA) is 52.0 Å². The maximum absolute atomic E-state index is 9.36. The number of likely N-dealkylation sites (tertiary alicyclic amines) is 1. The van der Waals surface area contributed by atoms with Gasteiger partial charge in [-0.1, -0.05) is 0 Å². The highest BCUT2D eigenvalue weighted by molar-refractivity contribution is 5.55. The predicted molar refractivity (Wildman–Crippen MR) is 79.7 cm³/mol. The number of aryl methyl sites for hydroxylation is 2. The van der Waals surface area contributed by atoms with Crippen LogP contribution in [-0.2, 0) is 12.8 Å². The van der Waals surface area contributed by atoms with Gasteiger partial charge in [0.15, 0.2) is 0 Å². The summed E-state index contributed by atoms with van der Waals surface area (Å²) in [6.07, 6.45) is 6.94. The number of aromatic nitrogens is 1. The molecule has 106 valence electrons. The lowest BCUT2D eigenvalue weighted by Gasteiger charge is -2.31. The third kappa shape index (κ3) is 2.78. The van der Waals surface area contributed by atoms with Crippen molar-refractivity contribution < 1.29 is 0 Å². The lowest BCUT2D eigenvalue weighted by atomic mass is 9.95. The van der Waals surface area contributed by atoms with Gasteiger partial charge in [-0.2, -0.15) is 5.26 Å². The summed E-state index contributed by atoms with van der Waals surface area (Å²) in [6, 6.07) is 4.77. The van der Waals surface area contributed by atoms with Gasteiger partial charge in [-0.05, 0) is 63.7 Å². The van der Waals surface area contributed by atoms with Crippen molar-refractivity contribution in [2.24, 2.45) is 0 Å². The second kappa shape index (κ2) is 5.80. The fourth-order valence-electron chi connectivity index (χ4n) is 3.31. The Balaban J connectivity index is 1.83. The summed E-state index contributed by atoms with van der Waals surface area (Å²) in [7, 11) is 2.15. The van der Waals surface area contributed by atoms with E-state index >= 15 is 0 Å². The quantitative estimate of drug-likeness (QED) is 0.896. The zero-order chi connectivity index (χ0) is 13.9. The molecule has 0 saturated carbocycles. The van der Waals surface area contributed by atoms with Gasteiger partial charge >= 0.3 is 0 Å². The van der Waals surface area contributed by atoms with Crippen LogP contribution in [0.1, 0.15) is 42.5 Å². The lowest BCUT2D eigenvalue weighted by molar-refractivity contribution is 0.260. The van der Waals surface area contributed by atoms with Crippen LogP contribution in [0.3, 0.4) is 0 Å². The number of nitrogens with zero attached hydrogens (tertiary/aromatic N) is 3. The van der Waals surface area contributed by atoms with E-state index in [0.29, 0.717) is 11.6 Å². The molecule has 0 aromatic carbocycles. The van der Waals surface area contributed by atoms with Gasteiger partial charge in [0.2, 0.25) is 0 Å². The molecule has 20 heavy (non-hydrogen) atoms. The average Bonchev–Trinajstić information content (AvgIpc) is 2.46. The predicted octanol–water partition coefficient (Wildman–Crippen LogP) is 2.34. The summed E-state index contributed by atoms with van der Waals surface area (Å²) in [5.74, 6) is 0.799. The highest BCUT2D eigenvalue weighted by Crippen LogP contribution is 2.25. The van der Waals surface area contributed by atoms with Crippen LogP contribution in [-0.4, -0.2) is 36.1 Å². The van der Waals surface area contributed by atoms with Gasteiger partial charge in [-0.25, -0.2) is 4.98 Å². The number of pyridine rings is 1. The van der Waals surface area contributed by atoms with Crippen molar-refractivity contribution in [2.75, 3.05) is 25.5 Å². The Morgan fingerprint density at radius 1 is 1.35 bits per heavy atom. The van der Waals surface area contributed by atoms with Gasteiger partial charge in [0.05, 0.1) is 5.56 Å². The molecule has 0 spiro atoms. The molecular weight excluding hydrogens is 248 g/mol. The molecule has 1 atom stereocenters. The van der Waals surface area contributed by atoms with Crippen molar-refractivity contribution in [1.29, 1.82) is 5.26 Å². The highest BCUT2D eigenvalue weighted by Gasteiger charge is 2.20. The van der Waals surface area contributed by atoms with Crippen LogP contribution >= 0.6 is 0 Å². The molecule has 2 aliphatic rings. The second-order valence-electron chi connectivity index (χ2n) is 6.05. The highest BCUT2D eigenvalue weighted by atomic mass is 15.2. The summed E-state index contributed by atoms with van der Waals surface area (Å²) < 4.78 is 0. The van der Waals surface area contributed by atoms with Crippen LogP contribution in [0.2, 0.25) is 0 Å². The van der Waals surface area contributed by atoms with E-state index < -0.39 is 0 Å². The van der Waals surface area contributed by atoms with Gasteiger partial charge in [-0.15, -0.1) is 0 Å². The third-order valence-corrected chi connectivity index (χ3v) is 4.39. The number of fused-ring (bicyclic) bond motifs is 1. The summed E-state index contributed by atoms with van der Waals surface area (Å²) in [5.41, 5.74) is 3.18. The largest absolute Gasteiger partial charge is 0.365 e. The van der Waals surface area contributed by atoms with E-state index in [0.717, 1.165) is 31.6 Å². The number of hydrogen-bond acceptors (Lipinski definition) is 4. The number of hydrogen-bond donors (Lipinski definition) is 1. The van der Waals surface area contributed by atoms with Crippen LogP contribution in [0, 0.1) is 11.3 Å². The van der Waals surface area contributed by atoms with Gasteiger partial charge in [0, 0.05) is 18.3 Å². The van der Waals surface area contributed by atoms with E-state index in [9.17, 15) is 5.26 Å². The van der Waals surface area contributed by atoms with Crippen LogP contribution in [0.15, 0.2) is 6.07 Å². The maximum Gasteiger partial charge on any atom is 0.144 e. The number of likely N-dealkylation sites (N-methyl/N-ethyl adjacent to an activating group) is 1. The minimum absolute atomic E-state index is 0.412. The molecule has 1 unspecified atom stereocenters. The van der Waals surface area contributed by atoms with Gasteiger partial charge in [-0.3, -0.25) is 0 Å². The summed E-state index contributed by atoms with van der Waals surface area (Å²) in [5, 5.41) is 12.9. The Labute approximate surface area is 120 Å². The molecule has 2 heterocycles. The van der Waals surface area contributed by atoms with Crippen molar-refractivity contribution >= 4 is 5.82 Å². The average molecular weight is 270 g/mol. The minimum atomic E-state index is 0.412. The molecule has 1 aliphatic heterocycles. The first-order valence-electron chi connectivity index (χ1n) is 7.64. The van der Waals surface area contributed by atoms with Crippen LogP contribution < -0.4 is 5.32 Å². The summed E-state index contributed by atoms with van der Waals surface area (Å²) in [4.78, 5) is 7.09. The van der Waals surface area contributed by atoms with Gasteiger partial charge < -0.3 is 10.2 Å². The van der Waals surface area contributed by atoms with E-state index in [1.54, 1.807) is 0 Å². The van der Waals surface area contributed by atoms with E-state index in [1.165, 1.54) is 37.1 Å². The number of nitrogens with one attached hydrogen (secondary N) is 1. The lowest BCUT2D eigenvalue weighted by Crippen LogP contribution is -2.40. The SMILES string of the molecule is CN1CCCC(Nc2nc3c(cc2C#N)CCCC3)C1. The standard InChI is InChI=1S/C16H22N4/c1-20-8-4-6-14(11-20)18-16-13(10-17)9-12-5-2-3-7-15(12)19-16/h9,14H,2-8,11H2,1H3,(H,18,19). The van der Waals surface area contributed by atoms with E-state index in [2.05, 4.69) is 29.4 Å². The molecule has 0 amide bonds. The Hall–Kier alpha value is -1.60. The molecule has 1 N–H and O–H groups in total. The first kappa shape index (κ1) is 13.4. The zero-order valence-corrected chi connectivity index (χ0v) is 12.2. The van der Waals surface area contributed by atoms with E-state index in [4.69, 9.17) is 4.98 Å². The Morgan fingerprint density at radius 2 is 2.20 bits per heavy atom. The van der Waals surface area contributed by atoms with E-state index in [-0.39, 0.29) is 0 Å². The molecule has 4 heteroatoms. The third-order valence-electron chi connectivity index (χ3n) is 4.39. The molecule has 1 saturated heterocycles.